The number of nitrogens with zero attached hydrogens (tertiary/aromatic N) is 2. The molecule has 0 aliphatic heterocycles. The SMILES string of the molecule is O=C(O)c1ncc(Oc2ccccc2Cl)cn1. The Morgan fingerprint density at radius 2 is 1.88 bits per heavy atom. The molecule has 0 saturated heterocycles. The second-order valence-electron chi connectivity index (χ2n) is 3.08. The van der Waals surface area contributed by atoms with Gasteiger partial charge in [0.1, 0.15) is 5.75 Å². The van der Waals surface area contributed by atoms with E-state index >= 15 is 0 Å². The Balaban J connectivity index is 2.20. The number of para-hydroxylation sites is 1. The van der Waals surface area contributed by atoms with E-state index in [-0.39, 0.29) is 5.82 Å². The van der Waals surface area contributed by atoms with Crippen LogP contribution in [0.1, 0.15) is 10.6 Å². The van der Waals surface area contributed by atoms with Gasteiger partial charge in [-0.15, -0.1) is 0 Å². The summed E-state index contributed by atoms with van der Waals surface area (Å²) in [6, 6.07) is 6.92. The fourth-order valence-electron chi connectivity index (χ4n) is 1.13. The number of benzene rings is 1. The number of carboxylic acids is 1. The molecule has 0 saturated carbocycles. The Morgan fingerprint density at radius 1 is 1.24 bits per heavy atom. The van der Waals surface area contributed by atoms with Gasteiger partial charge in [0.15, 0.2) is 5.75 Å². The van der Waals surface area contributed by atoms with E-state index in [0.717, 1.165) is 0 Å². The molecule has 0 aliphatic rings. The molecule has 1 heterocycles. The summed E-state index contributed by atoms with van der Waals surface area (Å²) in [4.78, 5) is 17.8. The number of rotatable bonds is 3. The lowest BCUT2D eigenvalue weighted by molar-refractivity contribution is 0.0683. The first-order chi connectivity index (χ1) is 8.16. The summed E-state index contributed by atoms with van der Waals surface area (Å²) in [5.41, 5.74) is 0. The molecule has 1 aromatic heterocycles. The van der Waals surface area contributed by atoms with Gasteiger partial charge >= 0.3 is 5.97 Å². The third-order valence-electron chi connectivity index (χ3n) is 1.88. The van der Waals surface area contributed by atoms with Crippen molar-refractivity contribution in [2.24, 2.45) is 0 Å². The van der Waals surface area contributed by atoms with Gasteiger partial charge in [0.05, 0.1) is 17.4 Å². The molecule has 0 fully saturated rings. The van der Waals surface area contributed by atoms with Gasteiger partial charge in [-0.3, -0.25) is 0 Å². The number of ether oxygens (including phenoxy) is 1. The van der Waals surface area contributed by atoms with Crippen LogP contribution in [-0.2, 0) is 0 Å². The van der Waals surface area contributed by atoms with Gasteiger partial charge in [-0.25, -0.2) is 14.8 Å². The first kappa shape index (κ1) is 11.3. The first-order valence-corrected chi connectivity index (χ1v) is 5.02. The van der Waals surface area contributed by atoms with Crippen molar-refractivity contribution >= 4 is 17.6 Å². The standard InChI is InChI=1S/C11H7ClN2O3/c12-8-3-1-2-4-9(8)17-7-5-13-10(11(15)16)14-6-7/h1-6H,(H,15,16). The molecule has 0 bridgehead atoms. The van der Waals surface area contributed by atoms with Crippen molar-refractivity contribution in [3.05, 3.63) is 47.5 Å². The Kier molecular flexibility index (Phi) is 3.20. The monoisotopic (exact) mass is 250 g/mol. The molecule has 0 radical (unpaired) electrons. The number of hydrogen-bond donors (Lipinski definition) is 1. The zero-order chi connectivity index (χ0) is 12.3. The molecule has 2 rings (SSSR count). The average Bonchev–Trinajstić information content (AvgIpc) is 2.33. The molecule has 17 heavy (non-hydrogen) atoms. The number of aromatic carboxylic acids is 1. The van der Waals surface area contributed by atoms with Crippen LogP contribution in [0.4, 0.5) is 0 Å². The molecule has 86 valence electrons. The minimum absolute atomic E-state index is 0.281. The molecule has 0 aliphatic carbocycles. The molecule has 2 aromatic rings. The van der Waals surface area contributed by atoms with E-state index in [1.807, 2.05) is 0 Å². The van der Waals surface area contributed by atoms with Crippen molar-refractivity contribution in [1.82, 2.24) is 9.97 Å². The molecule has 1 N–H and O–H groups in total. The Labute approximate surface area is 102 Å². The van der Waals surface area contributed by atoms with Crippen LogP contribution in [0.5, 0.6) is 11.5 Å². The highest BCUT2D eigenvalue weighted by Crippen LogP contribution is 2.27. The molecule has 0 unspecified atom stereocenters. The largest absolute Gasteiger partial charge is 0.475 e. The van der Waals surface area contributed by atoms with Gasteiger partial charge in [0.2, 0.25) is 5.82 Å². The first-order valence-electron chi connectivity index (χ1n) is 4.64. The summed E-state index contributed by atoms with van der Waals surface area (Å²) in [6.45, 7) is 0. The predicted octanol–water partition coefficient (Wildman–Crippen LogP) is 2.62. The van der Waals surface area contributed by atoms with Crippen molar-refractivity contribution in [3.8, 4) is 11.5 Å². The van der Waals surface area contributed by atoms with Gasteiger partial charge in [-0.1, -0.05) is 23.7 Å². The van der Waals surface area contributed by atoms with Crippen molar-refractivity contribution in [1.29, 1.82) is 0 Å². The zero-order valence-electron chi connectivity index (χ0n) is 8.50. The van der Waals surface area contributed by atoms with E-state index < -0.39 is 5.97 Å². The lowest BCUT2D eigenvalue weighted by atomic mass is 10.3. The van der Waals surface area contributed by atoms with Crippen LogP contribution < -0.4 is 4.74 Å². The van der Waals surface area contributed by atoms with Crippen LogP contribution in [0.2, 0.25) is 5.02 Å². The topological polar surface area (TPSA) is 72.3 Å². The number of carbonyl (C=O) groups is 1. The number of carboxylic acid groups (broad SMARTS) is 1. The average molecular weight is 251 g/mol. The fraction of sp³-hybridized carbons (Fsp3) is 0. The minimum Gasteiger partial charge on any atom is -0.475 e. The van der Waals surface area contributed by atoms with Crippen LogP contribution in [0, 0.1) is 0 Å². The van der Waals surface area contributed by atoms with Gasteiger partial charge < -0.3 is 9.84 Å². The van der Waals surface area contributed by atoms with Crippen LogP contribution in [0.3, 0.4) is 0 Å². The lowest BCUT2D eigenvalue weighted by Gasteiger charge is -2.06. The Bertz CT molecular complexity index is 543. The van der Waals surface area contributed by atoms with Crippen LogP contribution in [0.25, 0.3) is 0 Å². The van der Waals surface area contributed by atoms with E-state index in [2.05, 4.69) is 9.97 Å². The Hall–Kier alpha value is -2.14. The molecule has 5 nitrogen and oxygen atoms in total. The van der Waals surface area contributed by atoms with Gasteiger partial charge in [-0.2, -0.15) is 0 Å². The summed E-state index contributed by atoms with van der Waals surface area (Å²) in [7, 11) is 0. The molecule has 0 atom stereocenters. The van der Waals surface area contributed by atoms with E-state index in [4.69, 9.17) is 21.4 Å². The summed E-state index contributed by atoms with van der Waals surface area (Å²) >= 11 is 5.90. The summed E-state index contributed by atoms with van der Waals surface area (Å²) in [6.07, 6.45) is 2.56. The lowest BCUT2D eigenvalue weighted by Crippen LogP contribution is -2.03. The molecule has 0 spiro atoms. The van der Waals surface area contributed by atoms with Crippen molar-refractivity contribution in [2.45, 2.75) is 0 Å². The maximum atomic E-state index is 10.5. The second kappa shape index (κ2) is 4.80. The summed E-state index contributed by atoms with van der Waals surface area (Å²) in [5, 5.41) is 9.08. The van der Waals surface area contributed by atoms with Gasteiger partial charge in [-0.05, 0) is 12.1 Å². The van der Waals surface area contributed by atoms with Crippen LogP contribution in [-0.4, -0.2) is 21.0 Å². The quantitative estimate of drug-likeness (QED) is 0.907. The molecular weight excluding hydrogens is 244 g/mol. The van der Waals surface area contributed by atoms with E-state index in [9.17, 15) is 4.79 Å². The molecule has 6 heteroatoms. The van der Waals surface area contributed by atoms with E-state index in [1.165, 1.54) is 12.4 Å². The Morgan fingerprint density at radius 3 is 2.47 bits per heavy atom. The molecule has 0 amide bonds. The number of hydrogen-bond acceptors (Lipinski definition) is 4. The normalized spacial score (nSPS) is 9.94. The molecular formula is C11H7ClN2O3. The van der Waals surface area contributed by atoms with Crippen LogP contribution in [0.15, 0.2) is 36.7 Å². The van der Waals surface area contributed by atoms with Crippen LogP contribution >= 0.6 is 11.6 Å². The highest BCUT2D eigenvalue weighted by molar-refractivity contribution is 6.32. The summed E-state index contributed by atoms with van der Waals surface area (Å²) in [5.74, 6) is -0.685. The van der Waals surface area contributed by atoms with Gasteiger partial charge in [0, 0.05) is 0 Å². The highest BCUT2D eigenvalue weighted by atomic mass is 35.5. The van der Waals surface area contributed by atoms with Crippen molar-refractivity contribution in [2.75, 3.05) is 0 Å². The summed E-state index contributed by atoms with van der Waals surface area (Å²) < 4.78 is 5.39. The third-order valence-corrected chi connectivity index (χ3v) is 2.20. The van der Waals surface area contributed by atoms with Crippen molar-refractivity contribution < 1.29 is 14.6 Å². The zero-order valence-corrected chi connectivity index (χ0v) is 9.26. The maximum Gasteiger partial charge on any atom is 0.373 e. The second-order valence-corrected chi connectivity index (χ2v) is 3.49. The third kappa shape index (κ3) is 2.70. The predicted molar refractivity (Wildman–Crippen MR) is 60.5 cm³/mol. The van der Waals surface area contributed by atoms with Gasteiger partial charge in [0.25, 0.3) is 0 Å². The minimum atomic E-state index is -1.19. The maximum absolute atomic E-state index is 10.5. The highest BCUT2D eigenvalue weighted by Gasteiger charge is 2.07. The van der Waals surface area contributed by atoms with E-state index in [0.29, 0.717) is 16.5 Å². The number of halogens is 1. The molecule has 1 aromatic carbocycles. The number of aromatic nitrogens is 2. The smallest absolute Gasteiger partial charge is 0.373 e. The fourth-order valence-corrected chi connectivity index (χ4v) is 1.31. The van der Waals surface area contributed by atoms with E-state index in [1.54, 1.807) is 24.3 Å². The van der Waals surface area contributed by atoms with Crippen molar-refractivity contribution in [3.63, 3.8) is 0 Å².